The Bertz CT molecular complexity index is 951. The second-order valence-electron chi connectivity index (χ2n) is 5.57. The minimum Gasteiger partial charge on any atom is -0.494 e. The first kappa shape index (κ1) is 18.6. The van der Waals surface area contributed by atoms with Gasteiger partial charge in [-0.1, -0.05) is 11.6 Å². The molecule has 0 amide bonds. The van der Waals surface area contributed by atoms with Crippen molar-refractivity contribution in [2.45, 2.75) is 13.0 Å². The van der Waals surface area contributed by atoms with E-state index in [0.717, 1.165) is 21.7 Å². The average molecular weight is 393 g/mol. The van der Waals surface area contributed by atoms with Crippen LogP contribution in [0.15, 0.2) is 52.8 Å². The van der Waals surface area contributed by atoms with Crippen LogP contribution in [0.3, 0.4) is 0 Å². The van der Waals surface area contributed by atoms with Crippen LogP contribution in [0, 0.1) is 5.82 Å². The summed E-state index contributed by atoms with van der Waals surface area (Å²) in [6.45, 7) is 0.648. The van der Waals surface area contributed by atoms with Gasteiger partial charge in [0.05, 0.1) is 18.5 Å². The highest BCUT2D eigenvalue weighted by Crippen LogP contribution is 2.26. The number of methoxy groups -OCH3 is 1. The first-order valence-electron chi connectivity index (χ1n) is 8.06. The molecule has 0 unspecified atom stereocenters. The van der Waals surface area contributed by atoms with E-state index in [0.29, 0.717) is 18.0 Å². The number of nitrogens with zero attached hydrogens (tertiary/aromatic N) is 2. The zero-order valence-corrected chi connectivity index (χ0v) is 15.7. The van der Waals surface area contributed by atoms with Crippen molar-refractivity contribution in [1.29, 1.82) is 0 Å². The summed E-state index contributed by atoms with van der Waals surface area (Å²) in [5.41, 5.74) is 2.36. The summed E-state index contributed by atoms with van der Waals surface area (Å²) in [5, 5.41) is 11.8. The lowest BCUT2D eigenvalue weighted by Gasteiger charge is -2.10. The fourth-order valence-corrected chi connectivity index (χ4v) is 3.63. The van der Waals surface area contributed by atoms with Crippen molar-refractivity contribution < 1.29 is 14.2 Å². The van der Waals surface area contributed by atoms with Crippen LogP contribution in [0.4, 0.5) is 10.1 Å². The Morgan fingerprint density at radius 3 is 2.65 bits per heavy atom. The summed E-state index contributed by atoms with van der Waals surface area (Å²) < 4.78 is 21.1. The topological polar surface area (TPSA) is 46.8 Å². The molecule has 0 fully saturated rings. The molecule has 0 spiro atoms. The van der Waals surface area contributed by atoms with Gasteiger partial charge in [-0.25, -0.2) is 9.38 Å². The van der Waals surface area contributed by atoms with E-state index in [9.17, 15) is 9.50 Å². The van der Waals surface area contributed by atoms with Crippen molar-refractivity contribution in [3.05, 3.63) is 63.5 Å². The minimum atomic E-state index is -0.416. The quantitative estimate of drug-likeness (QED) is 0.664. The Hall–Kier alpha value is -2.15. The van der Waals surface area contributed by atoms with Crippen molar-refractivity contribution in [2.75, 3.05) is 13.7 Å². The van der Waals surface area contributed by atoms with Crippen molar-refractivity contribution in [2.24, 2.45) is 4.99 Å². The third-order valence-electron chi connectivity index (χ3n) is 3.84. The Labute approximate surface area is 159 Å². The summed E-state index contributed by atoms with van der Waals surface area (Å²) in [4.78, 5) is 5.43. The first-order valence-corrected chi connectivity index (χ1v) is 9.31. The standard InChI is InChI=1S/C19H18ClFN2O2S/c1-25-18-8-3-13(11-16(18)21)17-12-26-19(23(17)9-2-10-24)22-15-6-4-14(20)5-7-15/h3-8,11-12,24H,2,9-10H2,1H3. The molecule has 1 heterocycles. The molecule has 0 saturated carbocycles. The lowest BCUT2D eigenvalue weighted by molar-refractivity contribution is 0.279. The number of hydrogen-bond acceptors (Lipinski definition) is 4. The Morgan fingerprint density at radius 1 is 1.23 bits per heavy atom. The van der Waals surface area contributed by atoms with Gasteiger partial charge in [-0.3, -0.25) is 0 Å². The lowest BCUT2D eigenvalue weighted by atomic mass is 10.1. The van der Waals surface area contributed by atoms with E-state index >= 15 is 0 Å². The molecule has 1 N–H and O–H groups in total. The second-order valence-corrected chi connectivity index (χ2v) is 6.84. The van der Waals surface area contributed by atoms with Crippen LogP contribution in [0.1, 0.15) is 6.42 Å². The molecule has 0 aliphatic rings. The molecule has 0 radical (unpaired) electrons. The Balaban J connectivity index is 2.07. The molecule has 0 bridgehead atoms. The molecule has 0 aliphatic heterocycles. The van der Waals surface area contributed by atoms with E-state index in [4.69, 9.17) is 16.3 Å². The van der Waals surface area contributed by atoms with Crippen LogP contribution in [0.2, 0.25) is 5.02 Å². The van der Waals surface area contributed by atoms with Crippen LogP contribution >= 0.6 is 22.9 Å². The lowest BCUT2D eigenvalue weighted by Crippen LogP contribution is -2.16. The van der Waals surface area contributed by atoms with E-state index < -0.39 is 5.82 Å². The minimum absolute atomic E-state index is 0.0691. The molecule has 0 saturated heterocycles. The highest BCUT2D eigenvalue weighted by molar-refractivity contribution is 7.07. The van der Waals surface area contributed by atoms with Gasteiger partial charge >= 0.3 is 0 Å². The summed E-state index contributed by atoms with van der Waals surface area (Å²) in [5.74, 6) is -0.210. The number of thiazole rings is 1. The van der Waals surface area contributed by atoms with E-state index in [2.05, 4.69) is 4.99 Å². The molecule has 2 aromatic carbocycles. The summed E-state index contributed by atoms with van der Waals surface area (Å²) >= 11 is 7.38. The van der Waals surface area contributed by atoms with Gasteiger partial charge in [0, 0.05) is 29.1 Å². The molecule has 0 aliphatic carbocycles. The number of aromatic nitrogens is 1. The van der Waals surface area contributed by atoms with Crippen molar-refractivity contribution >= 4 is 28.6 Å². The molecule has 7 heteroatoms. The molecule has 4 nitrogen and oxygen atoms in total. The molecule has 136 valence electrons. The largest absolute Gasteiger partial charge is 0.494 e. The number of rotatable bonds is 6. The summed E-state index contributed by atoms with van der Waals surface area (Å²) in [6.07, 6.45) is 0.580. The van der Waals surface area contributed by atoms with Gasteiger partial charge in [0.15, 0.2) is 16.4 Å². The number of hydrogen-bond donors (Lipinski definition) is 1. The molecule has 0 atom stereocenters. The van der Waals surface area contributed by atoms with Gasteiger partial charge in [-0.15, -0.1) is 11.3 Å². The molecule has 3 aromatic rings. The normalized spacial score (nSPS) is 11.8. The Kier molecular flexibility index (Phi) is 6.08. The molecule has 1 aromatic heterocycles. The highest BCUT2D eigenvalue weighted by atomic mass is 35.5. The maximum Gasteiger partial charge on any atom is 0.190 e. The van der Waals surface area contributed by atoms with Crippen LogP contribution in [0.25, 0.3) is 11.3 Å². The number of benzene rings is 2. The monoisotopic (exact) mass is 392 g/mol. The number of halogens is 2. The fraction of sp³-hybridized carbons (Fsp3) is 0.211. The van der Waals surface area contributed by atoms with Gasteiger partial charge in [0.25, 0.3) is 0 Å². The summed E-state index contributed by atoms with van der Waals surface area (Å²) in [6, 6.07) is 12.1. The maximum atomic E-state index is 14.1. The summed E-state index contributed by atoms with van der Waals surface area (Å²) in [7, 11) is 1.44. The van der Waals surface area contributed by atoms with Gasteiger partial charge < -0.3 is 14.4 Å². The van der Waals surface area contributed by atoms with Crippen molar-refractivity contribution in [1.82, 2.24) is 4.57 Å². The average Bonchev–Trinajstić information content (AvgIpc) is 3.04. The Morgan fingerprint density at radius 2 is 2.00 bits per heavy atom. The SMILES string of the molecule is COc1ccc(-c2csc(=Nc3ccc(Cl)cc3)n2CCCO)cc1F. The fourth-order valence-electron chi connectivity index (χ4n) is 2.55. The van der Waals surface area contributed by atoms with E-state index in [-0.39, 0.29) is 12.4 Å². The zero-order valence-electron chi connectivity index (χ0n) is 14.2. The third-order valence-corrected chi connectivity index (χ3v) is 4.95. The van der Waals surface area contributed by atoms with Gasteiger partial charge in [-0.2, -0.15) is 0 Å². The smallest absolute Gasteiger partial charge is 0.190 e. The van der Waals surface area contributed by atoms with Gasteiger partial charge in [0.2, 0.25) is 0 Å². The predicted octanol–water partition coefficient (Wildman–Crippen LogP) is 4.63. The number of aliphatic hydroxyl groups excluding tert-OH is 1. The molecule has 26 heavy (non-hydrogen) atoms. The predicted molar refractivity (Wildman–Crippen MR) is 103 cm³/mol. The van der Waals surface area contributed by atoms with E-state index in [1.807, 2.05) is 28.1 Å². The number of aliphatic hydroxyl groups is 1. The van der Waals surface area contributed by atoms with Crippen LogP contribution in [0.5, 0.6) is 5.75 Å². The molecular weight excluding hydrogens is 375 g/mol. The van der Waals surface area contributed by atoms with Crippen molar-refractivity contribution in [3.8, 4) is 17.0 Å². The van der Waals surface area contributed by atoms with Crippen molar-refractivity contribution in [3.63, 3.8) is 0 Å². The molecular formula is C19H18ClFN2O2S. The molecule has 3 rings (SSSR count). The van der Waals surface area contributed by atoms with Crippen LogP contribution in [-0.4, -0.2) is 23.4 Å². The van der Waals surface area contributed by atoms with Gasteiger partial charge in [-0.05, 0) is 48.9 Å². The van der Waals surface area contributed by atoms with Crippen LogP contribution in [-0.2, 0) is 6.54 Å². The first-order chi connectivity index (χ1) is 12.6. The highest BCUT2D eigenvalue weighted by Gasteiger charge is 2.11. The van der Waals surface area contributed by atoms with Crippen LogP contribution < -0.4 is 9.54 Å². The zero-order chi connectivity index (χ0) is 18.5. The third kappa shape index (κ3) is 4.15. The van der Waals surface area contributed by atoms with Gasteiger partial charge in [0.1, 0.15) is 0 Å². The van der Waals surface area contributed by atoms with E-state index in [1.54, 1.807) is 18.2 Å². The maximum absolute atomic E-state index is 14.1. The van der Waals surface area contributed by atoms with E-state index in [1.165, 1.54) is 24.5 Å². The second kappa shape index (κ2) is 8.49. The number of ether oxygens (including phenoxy) is 1.